The maximum Gasteiger partial charge on any atom is 0.123 e. The number of fused-ring (bicyclic) bond motifs is 1. The van der Waals surface area contributed by atoms with Gasteiger partial charge >= 0.3 is 0 Å². The van der Waals surface area contributed by atoms with Gasteiger partial charge in [-0.3, -0.25) is 4.90 Å². The summed E-state index contributed by atoms with van der Waals surface area (Å²) in [6, 6.07) is 6.42. The Kier molecular flexibility index (Phi) is 5.60. The van der Waals surface area contributed by atoms with Crippen molar-refractivity contribution in [3.8, 4) is 5.69 Å². The van der Waals surface area contributed by atoms with Gasteiger partial charge in [0.25, 0.3) is 0 Å². The summed E-state index contributed by atoms with van der Waals surface area (Å²) in [5, 5.41) is 23.1. The lowest BCUT2D eigenvalue weighted by Crippen LogP contribution is -2.28. The molecule has 2 N–H and O–H groups in total. The van der Waals surface area contributed by atoms with Crippen LogP contribution < -0.4 is 0 Å². The summed E-state index contributed by atoms with van der Waals surface area (Å²) in [6.45, 7) is 2.20. The summed E-state index contributed by atoms with van der Waals surface area (Å²) in [5.74, 6) is -0.249. The summed E-state index contributed by atoms with van der Waals surface area (Å²) in [4.78, 5) is 2.12. The second-order valence-corrected chi connectivity index (χ2v) is 6.19. The molecule has 1 aromatic carbocycles. The molecule has 1 aromatic heterocycles. The van der Waals surface area contributed by atoms with Crippen molar-refractivity contribution >= 4 is 0 Å². The van der Waals surface area contributed by atoms with Crippen LogP contribution in [0.3, 0.4) is 0 Å². The zero-order valence-corrected chi connectivity index (χ0v) is 13.8. The molecule has 130 valence electrons. The van der Waals surface area contributed by atoms with E-state index in [4.69, 9.17) is 10.2 Å². The molecule has 1 aliphatic carbocycles. The van der Waals surface area contributed by atoms with Crippen LogP contribution in [-0.4, -0.2) is 51.2 Å². The fraction of sp³-hybridized carbons (Fsp3) is 0.500. The Bertz CT molecular complexity index is 670. The third kappa shape index (κ3) is 3.66. The standard InChI is InChI=1S/C18H24FN3O2/c19-14-5-7-15(8-6-14)22-18-4-1-3-16(18)17(20-22)13-21(10-12-24)9-2-11-23/h5-8,23-24H,1-4,9-13H2. The van der Waals surface area contributed by atoms with E-state index >= 15 is 0 Å². The van der Waals surface area contributed by atoms with Gasteiger partial charge in [-0.1, -0.05) is 0 Å². The van der Waals surface area contributed by atoms with E-state index in [0.717, 1.165) is 37.2 Å². The zero-order valence-electron chi connectivity index (χ0n) is 13.8. The highest BCUT2D eigenvalue weighted by molar-refractivity contribution is 5.40. The molecular formula is C18H24FN3O2. The van der Waals surface area contributed by atoms with E-state index in [1.54, 1.807) is 12.1 Å². The Morgan fingerprint density at radius 2 is 1.88 bits per heavy atom. The Labute approximate surface area is 141 Å². The molecule has 0 bridgehead atoms. The van der Waals surface area contributed by atoms with Crippen LogP contribution >= 0.6 is 0 Å². The van der Waals surface area contributed by atoms with E-state index < -0.39 is 0 Å². The minimum atomic E-state index is -0.249. The fourth-order valence-electron chi connectivity index (χ4n) is 3.35. The summed E-state index contributed by atoms with van der Waals surface area (Å²) >= 11 is 0. The van der Waals surface area contributed by atoms with Crippen molar-refractivity contribution in [3.05, 3.63) is 47.0 Å². The number of aliphatic hydroxyl groups is 2. The molecule has 1 heterocycles. The van der Waals surface area contributed by atoms with Gasteiger partial charge in [0, 0.05) is 31.9 Å². The van der Waals surface area contributed by atoms with Crippen molar-refractivity contribution in [2.45, 2.75) is 32.2 Å². The molecule has 0 spiro atoms. The van der Waals surface area contributed by atoms with Gasteiger partial charge in [-0.15, -0.1) is 0 Å². The number of rotatable bonds is 8. The second kappa shape index (κ2) is 7.88. The molecular weight excluding hydrogens is 309 g/mol. The van der Waals surface area contributed by atoms with Crippen molar-refractivity contribution in [2.24, 2.45) is 0 Å². The van der Waals surface area contributed by atoms with Crippen LogP contribution in [-0.2, 0) is 19.4 Å². The predicted octanol–water partition coefficient (Wildman–Crippen LogP) is 1.68. The lowest BCUT2D eigenvalue weighted by Gasteiger charge is -2.20. The normalized spacial score (nSPS) is 13.7. The van der Waals surface area contributed by atoms with Gasteiger partial charge in [-0.25, -0.2) is 9.07 Å². The highest BCUT2D eigenvalue weighted by Crippen LogP contribution is 2.28. The van der Waals surface area contributed by atoms with Crippen LogP contribution in [0.4, 0.5) is 4.39 Å². The van der Waals surface area contributed by atoms with E-state index in [-0.39, 0.29) is 19.0 Å². The lowest BCUT2D eigenvalue weighted by atomic mass is 10.2. The van der Waals surface area contributed by atoms with Crippen molar-refractivity contribution in [3.63, 3.8) is 0 Å². The number of aromatic nitrogens is 2. The van der Waals surface area contributed by atoms with E-state index in [9.17, 15) is 9.50 Å². The minimum Gasteiger partial charge on any atom is -0.396 e. The molecule has 6 heteroatoms. The maximum atomic E-state index is 13.2. The Morgan fingerprint density at radius 3 is 2.58 bits per heavy atom. The van der Waals surface area contributed by atoms with Crippen LogP contribution in [0.2, 0.25) is 0 Å². The summed E-state index contributed by atoms with van der Waals surface area (Å²) < 4.78 is 15.1. The molecule has 0 radical (unpaired) electrons. The zero-order chi connectivity index (χ0) is 16.9. The Morgan fingerprint density at radius 1 is 1.08 bits per heavy atom. The highest BCUT2D eigenvalue weighted by atomic mass is 19.1. The number of benzene rings is 1. The molecule has 24 heavy (non-hydrogen) atoms. The largest absolute Gasteiger partial charge is 0.396 e. The SMILES string of the molecule is OCCCN(CCO)Cc1nn(-c2ccc(F)cc2)c2c1CCC2. The van der Waals surface area contributed by atoms with E-state index in [2.05, 4.69) is 4.90 Å². The molecule has 0 atom stereocenters. The lowest BCUT2D eigenvalue weighted by molar-refractivity contribution is 0.172. The average molecular weight is 333 g/mol. The quantitative estimate of drug-likeness (QED) is 0.772. The first-order valence-corrected chi connectivity index (χ1v) is 8.52. The van der Waals surface area contributed by atoms with E-state index in [1.807, 2.05) is 4.68 Å². The fourth-order valence-corrected chi connectivity index (χ4v) is 3.35. The maximum absolute atomic E-state index is 13.2. The molecule has 1 aliphatic rings. The van der Waals surface area contributed by atoms with Crippen molar-refractivity contribution in [1.29, 1.82) is 0 Å². The molecule has 2 aromatic rings. The van der Waals surface area contributed by atoms with Crippen LogP contribution in [0.25, 0.3) is 5.69 Å². The molecule has 0 saturated heterocycles. The third-order valence-corrected chi connectivity index (χ3v) is 4.51. The van der Waals surface area contributed by atoms with Gasteiger partial charge in [0.2, 0.25) is 0 Å². The van der Waals surface area contributed by atoms with Gasteiger partial charge < -0.3 is 10.2 Å². The van der Waals surface area contributed by atoms with E-state index in [0.29, 0.717) is 19.5 Å². The first-order chi connectivity index (χ1) is 11.7. The van der Waals surface area contributed by atoms with Crippen LogP contribution in [0, 0.1) is 5.82 Å². The van der Waals surface area contributed by atoms with Crippen molar-refractivity contribution in [2.75, 3.05) is 26.3 Å². The Hall–Kier alpha value is -1.76. The molecule has 0 saturated carbocycles. The number of hydrogen-bond acceptors (Lipinski definition) is 4. The molecule has 0 aliphatic heterocycles. The minimum absolute atomic E-state index is 0.0896. The van der Waals surface area contributed by atoms with Gasteiger partial charge in [0.05, 0.1) is 18.0 Å². The topological polar surface area (TPSA) is 61.5 Å². The predicted molar refractivity (Wildman–Crippen MR) is 89.6 cm³/mol. The monoisotopic (exact) mass is 333 g/mol. The number of nitrogens with zero attached hydrogens (tertiary/aromatic N) is 3. The van der Waals surface area contributed by atoms with Gasteiger partial charge in [-0.05, 0) is 55.5 Å². The van der Waals surface area contributed by atoms with Crippen LogP contribution in [0.5, 0.6) is 0 Å². The molecule has 0 fully saturated rings. The molecule has 0 unspecified atom stereocenters. The van der Waals surface area contributed by atoms with Gasteiger partial charge in [0.1, 0.15) is 5.82 Å². The molecule has 5 nitrogen and oxygen atoms in total. The van der Waals surface area contributed by atoms with Crippen LogP contribution in [0.1, 0.15) is 29.8 Å². The summed E-state index contributed by atoms with van der Waals surface area (Å²) in [7, 11) is 0. The summed E-state index contributed by atoms with van der Waals surface area (Å²) in [5.41, 5.74) is 4.40. The molecule has 0 amide bonds. The van der Waals surface area contributed by atoms with Crippen LogP contribution in [0.15, 0.2) is 24.3 Å². The number of halogens is 1. The van der Waals surface area contributed by atoms with E-state index in [1.165, 1.54) is 23.4 Å². The first kappa shape index (κ1) is 17.1. The average Bonchev–Trinajstić information content (AvgIpc) is 3.17. The van der Waals surface area contributed by atoms with Crippen molar-refractivity contribution in [1.82, 2.24) is 14.7 Å². The van der Waals surface area contributed by atoms with Crippen molar-refractivity contribution < 1.29 is 14.6 Å². The highest BCUT2D eigenvalue weighted by Gasteiger charge is 2.24. The third-order valence-electron chi connectivity index (χ3n) is 4.51. The summed E-state index contributed by atoms with van der Waals surface area (Å²) in [6.07, 6.45) is 3.79. The Balaban J connectivity index is 1.86. The molecule has 3 rings (SSSR count). The second-order valence-electron chi connectivity index (χ2n) is 6.19. The first-order valence-electron chi connectivity index (χ1n) is 8.52. The van der Waals surface area contributed by atoms with Gasteiger partial charge in [0.15, 0.2) is 0 Å². The smallest absolute Gasteiger partial charge is 0.123 e. The van der Waals surface area contributed by atoms with Gasteiger partial charge in [-0.2, -0.15) is 5.10 Å². The number of aliphatic hydroxyl groups excluding tert-OH is 2. The number of hydrogen-bond donors (Lipinski definition) is 2.